The average molecular weight is 275 g/mol. The highest BCUT2D eigenvalue weighted by atomic mass is 35.5. The van der Waals surface area contributed by atoms with Crippen LogP contribution >= 0.6 is 12.4 Å². The first-order chi connectivity index (χ1) is 8.18. The molecule has 2 aliphatic carbocycles. The number of carbonyl (C=O) groups is 1. The number of carbonyl (C=O) groups excluding carboxylic acids is 1. The summed E-state index contributed by atoms with van der Waals surface area (Å²) in [6.45, 7) is 0. The Bertz CT molecular complexity index is 267. The van der Waals surface area contributed by atoms with Gasteiger partial charge in [0.1, 0.15) is 0 Å². The first-order valence-electron chi connectivity index (χ1n) is 7.19. The molecule has 2 atom stereocenters. The van der Waals surface area contributed by atoms with E-state index in [1.165, 1.54) is 38.5 Å². The Morgan fingerprint density at radius 2 is 1.78 bits per heavy atom. The lowest BCUT2D eigenvalue weighted by atomic mass is 9.93. The molecule has 2 N–H and O–H groups in total. The van der Waals surface area contributed by atoms with Crippen LogP contribution in [-0.4, -0.2) is 29.9 Å². The van der Waals surface area contributed by atoms with Gasteiger partial charge in [-0.15, -0.1) is 12.4 Å². The molecule has 1 amide bonds. The summed E-state index contributed by atoms with van der Waals surface area (Å²) in [6.07, 6.45) is 10.4. The third kappa shape index (κ3) is 3.86. The normalized spacial score (nSPS) is 28.8. The van der Waals surface area contributed by atoms with Gasteiger partial charge in [-0.05, 0) is 31.6 Å². The molecule has 0 aliphatic heterocycles. The third-order valence-corrected chi connectivity index (χ3v) is 4.67. The number of amides is 1. The van der Waals surface area contributed by atoms with Gasteiger partial charge in [-0.2, -0.15) is 0 Å². The van der Waals surface area contributed by atoms with E-state index in [-0.39, 0.29) is 18.4 Å². The molecule has 18 heavy (non-hydrogen) atoms. The highest BCUT2D eigenvalue weighted by Gasteiger charge is 2.29. The summed E-state index contributed by atoms with van der Waals surface area (Å²) in [6, 6.07) is 0.757. The molecule has 2 aliphatic rings. The standard InChI is InChI=1S/C14H26N2O.ClH/c1-16(12-7-3-2-4-8-12)14(17)10-11-6-5-9-13(11)15;/h11-13H,2-10,15H2,1H3;1H/t11-,13+;/m0./s1. The predicted octanol–water partition coefficient (Wildman–Crippen LogP) is 2.72. The molecule has 3 nitrogen and oxygen atoms in total. The van der Waals surface area contributed by atoms with Gasteiger partial charge < -0.3 is 10.6 Å². The average Bonchev–Trinajstić information content (AvgIpc) is 2.75. The van der Waals surface area contributed by atoms with Crippen molar-refractivity contribution in [1.29, 1.82) is 0 Å². The van der Waals surface area contributed by atoms with Crippen LogP contribution < -0.4 is 5.73 Å². The maximum absolute atomic E-state index is 12.2. The van der Waals surface area contributed by atoms with Crippen molar-refractivity contribution >= 4 is 18.3 Å². The monoisotopic (exact) mass is 274 g/mol. The summed E-state index contributed by atoms with van der Waals surface area (Å²) in [7, 11) is 1.98. The first-order valence-corrected chi connectivity index (χ1v) is 7.19. The predicted molar refractivity (Wildman–Crippen MR) is 76.8 cm³/mol. The van der Waals surface area contributed by atoms with Crippen LogP contribution in [0.3, 0.4) is 0 Å². The maximum atomic E-state index is 12.2. The summed E-state index contributed by atoms with van der Waals surface area (Å²) >= 11 is 0. The van der Waals surface area contributed by atoms with Gasteiger partial charge in [0.25, 0.3) is 0 Å². The smallest absolute Gasteiger partial charge is 0.222 e. The van der Waals surface area contributed by atoms with Crippen molar-refractivity contribution in [2.45, 2.75) is 69.9 Å². The van der Waals surface area contributed by atoms with Gasteiger partial charge >= 0.3 is 0 Å². The minimum Gasteiger partial charge on any atom is -0.343 e. The lowest BCUT2D eigenvalue weighted by Crippen LogP contribution is -2.40. The molecule has 0 radical (unpaired) electrons. The second-order valence-corrected chi connectivity index (χ2v) is 5.86. The minimum absolute atomic E-state index is 0. The summed E-state index contributed by atoms with van der Waals surface area (Å²) in [5.41, 5.74) is 6.04. The Hall–Kier alpha value is -0.280. The first kappa shape index (κ1) is 15.8. The molecule has 0 aromatic carbocycles. The second kappa shape index (κ2) is 7.34. The Morgan fingerprint density at radius 3 is 2.33 bits per heavy atom. The van der Waals surface area contributed by atoms with Crippen molar-refractivity contribution in [3.05, 3.63) is 0 Å². The molecule has 0 heterocycles. The highest BCUT2D eigenvalue weighted by molar-refractivity contribution is 5.85. The van der Waals surface area contributed by atoms with Crippen molar-refractivity contribution in [2.75, 3.05) is 7.05 Å². The van der Waals surface area contributed by atoms with E-state index in [1.807, 2.05) is 11.9 Å². The third-order valence-electron chi connectivity index (χ3n) is 4.67. The van der Waals surface area contributed by atoms with Gasteiger partial charge in [0.05, 0.1) is 0 Å². The summed E-state index contributed by atoms with van der Waals surface area (Å²) < 4.78 is 0. The zero-order chi connectivity index (χ0) is 12.3. The van der Waals surface area contributed by atoms with Crippen molar-refractivity contribution in [1.82, 2.24) is 4.90 Å². The Balaban J connectivity index is 0.00000162. The van der Waals surface area contributed by atoms with Gasteiger partial charge in [0.2, 0.25) is 5.91 Å². The number of nitrogens with two attached hydrogens (primary N) is 1. The second-order valence-electron chi connectivity index (χ2n) is 5.86. The Morgan fingerprint density at radius 1 is 1.11 bits per heavy atom. The van der Waals surface area contributed by atoms with Crippen LogP contribution in [0.15, 0.2) is 0 Å². The zero-order valence-corrected chi connectivity index (χ0v) is 12.3. The van der Waals surface area contributed by atoms with Crippen LogP contribution in [0.25, 0.3) is 0 Å². The van der Waals surface area contributed by atoms with Gasteiger partial charge in [-0.3, -0.25) is 4.79 Å². The zero-order valence-electron chi connectivity index (χ0n) is 11.4. The molecule has 0 bridgehead atoms. The molecule has 2 rings (SSSR count). The number of hydrogen-bond donors (Lipinski definition) is 1. The molecule has 0 saturated heterocycles. The van der Waals surface area contributed by atoms with E-state index in [0.717, 1.165) is 12.8 Å². The van der Waals surface area contributed by atoms with Gasteiger partial charge in [-0.25, -0.2) is 0 Å². The number of hydrogen-bond acceptors (Lipinski definition) is 2. The molecular weight excluding hydrogens is 248 g/mol. The van der Waals surface area contributed by atoms with Crippen LogP contribution in [0.4, 0.5) is 0 Å². The van der Waals surface area contributed by atoms with E-state index in [0.29, 0.717) is 24.3 Å². The number of rotatable bonds is 3. The molecule has 106 valence electrons. The quantitative estimate of drug-likeness (QED) is 0.860. The highest BCUT2D eigenvalue weighted by Crippen LogP contribution is 2.28. The fourth-order valence-electron chi connectivity index (χ4n) is 3.36. The van der Waals surface area contributed by atoms with Crippen molar-refractivity contribution in [3.63, 3.8) is 0 Å². The van der Waals surface area contributed by atoms with E-state index in [2.05, 4.69) is 0 Å². The Kier molecular flexibility index (Phi) is 6.44. The molecule has 0 spiro atoms. The summed E-state index contributed by atoms with van der Waals surface area (Å²) in [5, 5.41) is 0. The van der Waals surface area contributed by atoms with Crippen molar-refractivity contribution in [2.24, 2.45) is 11.7 Å². The summed E-state index contributed by atoms with van der Waals surface area (Å²) in [4.78, 5) is 14.2. The van der Waals surface area contributed by atoms with Crippen LogP contribution in [-0.2, 0) is 4.79 Å². The number of halogens is 1. The maximum Gasteiger partial charge on any atom is 0.222 e. The fourth-order valence-corrected chi connectivity index (χ4v) is 3.36. The van der Waals surface area contributed by atoms with Crippen LogP contribution in [0.2, 0.25) is 0 Å². The largest absolute Gasteiger partial charge is 0.343 e. The summed E-state index contributed by atoms with van der Waals surface area (Å²) in [5.74, 6) is 0.757. The molecule has 2 saturated carbocycles. The van der Waals surface area contributed by atoms with Crippen LogP contribution in [0, 0.1) is 5.92 Å². The van der Waals surface area contributed by atoms with E-state index in [1.54, 1.807) is 0 Å². The van der Waals surface area contributed by atoms with Crippen LogP contribution in [0.5, 0.6) is 0 Å². The molecule has 0 aromatic heterocycles. The molecule has 0 aromatic rings. The fraction of sp³-hybridized carbons (Fsp3) is 0.929. The van der Waals surface area contributed by atoms with E-state index in [9.17, 15) is 4.79 Å². The molecule has 0 unspecified atom stereocenters. The lowest BCUT2D eigenvalue weighted by Gasteiger charge is -2.32. The molecule has 4 heteroatoms. The van der Waals surface area contributed by atoms with E-state index in [4.69, 9.17) is 5.73 Å². The lowest BCUT2D eigenvalue weighted by molar-refractivity contribution is -0.133. The van der Waals surface area contributed by atoms with E-state index >= 15 is 0 Å². The van der Waals surface area contributed by atoms with Gasteiger partial charge in [-0.1, -0.05) is 25.7 Å². The van der Waals surface area contributed by atoms with Gasteiger partial charge in [0, 0.05) is 25.6 Å². The molecular formula is C14H27ClN2O. The SMILES string of the molecule is CN(C(=O)C[C@@H]1CCC[C@H]1N)C1CCCCC1.Cl. The number of nitrogens with zero attached hydrogens (tertiary/aromatic N) is 1. The minimum atomic E-state index is 0. The van der Waals surface area contributed by atoms with Crippen molar-refractivity contribution in [3.8, 4) is 0 Å². The van der Waals surface area contributed by atoms with Gasteiger partial charge in [0.15, 0.2) is 0 Å². The van der Waals surface area contributed by atoms with E-state index < -0.39 is 0 Å². The molecule has 2 fully saturated rings. The topological polar surface area (TPSA) is 46.3 Å². The Labute approximate surface area is 117 Å². The van der Waals surface area contributed by atoms with Crippen molar-refractivity contribution < 1.29 is 4.79 Å². The van der Waals surface area contributed by atoms with Crippen LogP contribution in [0.1, 0.15) is 57.8 Å².